The van der Waals surface area contributed by atoms with E-state index in [1.54, 1.807) is 0 Å². The van der Waals surface area contributed by atoms with Crippen LogP contribution in [0.5, 0.6) is 0 Å². The van der Waals surface area contributed by atoms with E-state index < -0.39 is 11.9 Å². The van der Waals surface area contributed by atoms with Crippen LogP contribution in [-0.2, 0) is 19.1 Å². The zero-order valence-electron chi connectivity index (χ0n) is 7.13. The Labute approximate surface area is 65.5 Å². The molecule has 4 nitrogen and oxygen atoms in total. The second-order valence-corrected chi connectivity index (χ2v) is 1.99. The van der Waals surface area contributed by atoms with E-state index in [2.05, 4.69) is 4.74 Å². The van der Waals surface area contributed by atoms with Crippen molar-refractivity contribution in [2.45, 2.75) is 27.7 Å². The lowest BCUT2D eigenvalue weighted by Crippen LogP contribution is -2.03. The van der Waals surface area contributed by atoms with Crippen molar-refractivity contribution in [3.8, 4) is 0 Å². The van der Waals surface area contributed by atoms with Gasteiger partial charge >= 0.3 is 11.9 Å². The summed E-state index contributed by atoms with van der Waals surface area (Å²) in [4.78, 5) is 29.1. The Hall–Kier alpha value is -1.19. The number of carbonyl (C=O) groups is 3. The molecule has 0 saturated heterocycles. The molecule has 0 fully saturated rings. The molecule has 0 aromatic carbocycles. The molecular weight excluding hydrogens is 148 g/mol. The van der Waals surface area contributed by atoms with E-state index >= 15 is 0 Å². The summed E-state index contributed by atoms with van der Waals surface area (Å²) in [6.45, 7) is 5.42. The third-order valence-corrected chi connectivity index (χ3v) is 0.287. The maximum atomic E-state index is 9.81. The first-order valence-corrected chi connectivity index (χ1v) is 3.02. The van der Waals surface area contributed by atoms with Gasteiger partial charge in [0.05, 0.1) is 0 Å². The molecule has 0 rings (SSSR count). The lowest BCUT2D eigenvalue weighted by Gasteiger charge is -1.87. The molecular formula is C7H12O4. The van der Waals surface area contributed by atoms with Crippen LogP contribution in [0, 0.1) is 0 Å². The summed E-state index contributed by atoms with van der Waals surface area (Å²) in [5, 5.41) is 0. The predicted molar refractivity (Wildman–Crippen MR) is 38.8 cm³/mol. The van der Waals surface area contributed by atoms with E-state index in [1.165, 1.54) is 27.7 Å². The normalized spacial score (nSPS) is 7.27. The molecule has 0 aromatic rings. The molecule has 0 radical (unpaired) electrons. The van der Waals surface area contributed by atoms with Gasteiger partial charge in [-0.1, -0.05) is 0 Å². The number of rotatable bonds is 0. The van der Waals surface area contributed by atoms with Gasteiger partial charge in [0.25, 0.3) is 0 Å². The van der Waals surface area contributed by atoms with Crippen LogP contribution in [0.4, 0.5) is 0 Å². The zero-order valence-corrected chi connectivity index (χ0v) is 7.13. The van der Waals surface area contributed by atoms with Crippen LogP contribution in [0.25, 0.3) is 0 Å². The Bertz CT molecular complexity index is 144. The van der Waals surface area contributed by atoms with Crippen LogP contribution in [0.2, 0.25) is 0 Å². The number of hydrogen-bond acceptors (Lipinski definition) is 4. The van der Waals surface area contributed by atoms with Gasteiger partial charge in [-0.3, -0.25) is 9.59 Å². The van der Waals surface area contributed by atoms with Crippen LogP contribution in [0.1, 0.15) is 27.7 Å². The second-order valence-electron chi connectivity index (χ2n) is 1.99. The van der Waals surface area contributed by atoms with E-state index in [1.807, 2.05) is 0 Å². The maximum absolute atomic E-state index is 9.81. The average Bonchev–Trinajstić information content (AvgIpc) is 1.56. The highest BCUT2D eigenvalue weighted by molar-refractivity contribution is 5.82. The first-order valence-electron chi connectivity index (χ1n) is 3.02. The monoisotopic (exact) mass is 160 g/mol. The molecule has 0 amide bonds. The zero-order chi connectivity index (χ0) is 9.44. The maximum Gasteiger partial charge on any atom is 0.310 e. The molecule has 0 bridgehead atoms. The van der Waals surface area contributed by atoms with Gasteiger partial charge in [0.15, 0.2) is 0 Å². The second kappa shape index (κ2) is 6.92. The summed E-state index contributed by atoms with van der Waals surface area (Å²) in [6.07, 6.45) is 0. The van der Waals surface area contributed by atoms with Crippen molar-refractivity contribution in [3.63, 3.8) is 0 Å². The predicted octanol–water partition coefficient (Wildman–Crippen LogP) is 0.691. The van der Waals surface area contributed by atoms with Crippen LogP contribution in [-0.4, -0.2) is 17.7 Å². The van der Waals surface area contributed by atoms with Gasteiger partial charge in [0.1, 0.15) is 5.78 Å². The largest absolute Gasteiger partial charge is 0.394 e. The first kappa shape index (κ1) is 12.5. The Morgan fingerprint density at radius 2 is 1.00 bits per heavy atom. The van der Waals surface area contributed by atoms with Crippen molar-refractivity contribution >= 4 is 17.7 Å². The van der Waals surface area contributed by atoms with Gasteiger partial charge in [0.2, 0.25) is 0 Å². The average molecular weight is 160 g/mol. The number of ketones is 1. The number of ether oxygens (including phenoxy) is 1. The molecule has 0 saturated carbocycles. The minimum atomic E-state index is -0.562. The third-order valence-electron chi connectivity index (χ3n) is 0.287. The summed E-state index contributed by atoms with van der Waals surface area (Å²) in [5.74, 6) is -0.958. The van der Waals surface area contributed by atoms with E-state index in [9.17, 15) is 14.4 Å². The first-order chi connectivity index (χ1) is 4.86. The summed E-state index contributed by atoms with van der Waals surface area (Å²) < 4.78 is 3.97. The van der Waals surface area contributed by atoms with E-state index in [0.717, 1.165) is 0 Å². The topological polar surface area (TPSA) is 60.4 Å². The van der Waals surface area contributed by atoms with Gasteiger partial charge in [-0.15, -0.1) is 0 Å². The quantitative estimate of drug-likeness (QED) is 0.386. The van der Waals surface area contributed by atoms with Crippen LogP contribution < -0.4 is 0 Å². The van der Waals surface area contributed by atoms with Gasteiger partial charge in [-0.05, 0) is 13.8 Å². The summed E-state index contributed by atoms with van der Waals surface area (Å²) in [5.41, 5.74) is 0. The SMILES string of the molecule is CC(=O)OC(C)=O.CC(C)=O. The Kier molecular flexibility index (Phi) is 7.86. The number of hydrogen-bond donors (Lipinski definition) is 0. The summed E-state index contributed by atoms with van der Waals surface area (Å²) in [7, 11) is 0. The molecule has 11 heavy (non-hydrogen) atoms. The van der Waals surface area contributed by atoms with Crippen molar-refractivity contribution < 1.29 is 19.1 Å². The van der Waals surface area contributed by atoms with Crippen molar-refractivity contribution in [1.82, 2.24) is 0 Å². The fourth-order valence-electron chi connectivity index (χ4n) is 0.202. The Morgan fingerprint density at radius 3 is 1.00 bits per heavy atom. The lowest BCUT2D eigenvalue weighted by molar-refractivity contribution is -0.156. The fourth-order valence-corrected chi connectivity index (χ4v) is 0.202. The Balaban J connectivity index is 0. The number of carbonyl (C=O) groups excluding carboxylic acids is 3. The molecule has 0 aliphatic heterocycles. The molecule has 0 atom stereocenters. The standard InChI is InChI=1S/C4H6O3.C3H6O/c1-3(5)7-4(2)6;1-3(2)4/h1-2H3;1-2H3. The van der Waals surface area contributed by atoms with Crippen LogP contribution in [0.15, 0.2) is 0 Å². The minimum Gasteiger partial charge on any atom is -0.394 e. The molecule has 0 heterocycles. The lowest BCUT2D eigenvalue weighted by atomic mass is 10.6. The molecule has 0 spiro atoms. The molecule has 0 aliphatic carbocycles. The highest BCUT2D eigenvalue weighted by Gasteiger charge is 1.93. The molecule has 64 valence electrons. The Morgan fingerprint density at radius 1 is 0.818 bits per heavy atom. The highest BCUT2D eigenvalue weighted by Crippen LogP contribution is 1.73. The number of Topliss-reactive ketones (excluding diaryl/α,β-unsaturated/α-hetero) is 1. The van der Waals surface area contributed by atoms with Crippen molar-refractivity contribution in [3.05, 3.63) is 0 Å². The molecule has 0 aliphatic rings. The third kappa shape index (κ3) is 51.7. The summed E-state index contributed by atoms with van der Waals surface area (Å²) >= 11 is 0. The van der Waals surface area contributed by atoms with E-state index in [-0.39, 0.29) is 5.78 Å². The van der Waals surface area contributed by atoms with Crippen molar-refractivity contribution in [1.29, 1.82) is 0 Å². The highest BCUT2D eigenvalue weighted by atomic mass is 16.6. The van der Waals surface area contributed by atoms with Crippen molar-refractivity contribution in [2.75, 3.05) is 0 Å². The molecule has 0 aromatic heterocycles. The van der Waals surface area contributed by atoms with Crippen LogP contribution in [0.3, 0.4) is 0 Å². The molecule has 0 N–H and O–H groups in total. The van der Waals surface area contributed by atoms with Gasteiger partial charge in [-0.25, -0.2) is 0 Å². The minimum absolute atomic E-state index is 0.167. The number of esters is 2. The van der Waals surface area contributed by atoms with Gasteiger partial charge in [-0.2, -0.15) is 0 Å². The molecule has 0 unspecified atom stereocenters. The van der Waals surface area contributed by atoms with E-state index in [4.69, 9.17) is 0 Å². The van der Waals surface area contributed by atoms with E-state index in [0.29, 0.717) is 0 Å². The van der Waals surface area contributed by atoms with Gasteiger partial charge in [0, 0.05) is 13.8 Å². The van der Waals surface area contributed by atoms with Crippen LogP contribution >= 0.6 is 0 Å². The van der Waals surface area contributed by atoms with Crippen molar-refractivity contribution in [2.24, 2.45) is 0 Å². The van der Waals surface area contributed by atoms with Gasteiger partial charge < -0.3 is 9.53 Å². The molecule has 4 heteroatoms. The summed E-state index contributed by atoms with van der Waals surface area (Å²) in [6, 6.07) is 0. The fraction of sp³-hybridized carbons (Fsp3) is 0.571. The smallest absolute Gasteiger partial charge is 0.310 e.